The number of fused-ring (bicyclic) bond motifs is 1. The summed E-state index contributed by atoms with van der Waals surface area (Å²) in [5, 5.41) is 12.0. The van der Waals surface area contributed by atoms with Gasteiger partial charge in [-0.1, -0.05) is 30.7 Å². The SMILES string of the molecule is CCNC(=NCC(C)Oc1ccccc1Cl)NC1CCc2nc(CC)nn2C1.I. The Hall–Kier alpha value is -1.55. The van der Waals surface area contributed by atoms with Crippen molar-refractivity contribution in [2.75, 3.05) is 13.1 Å². The van der Waals surface area contributed by atoms with Crippen molar-refractivity contribution < 1.29 is 4.74 Å². The summed E-state index contributed by atoms with van der Waals surface area (Å²) in [6.45, 7) is 8.27. The minimum atomic E-state index is -0.0873. The summed E-state index contributed by atoms with van der Waals surface area (Å²) in [5.41, 5.74) is 0. The number of halogens is 2. The number of benzene rings is 1. The molecule has 160 valence electrons. The standard InChI is InChI=1S/C20H29ClN6O.HI/c1-4-18-25-19-11-10-15(13-27(19)26-18)24-20(22-5-2)23-12-14(3)28-17-9-7-6-8-16(17)21;/h6-9,14-15H,4-5,10-13H2,1-3H3,(H2,22,23,24);1H. The summed E-state index contributed by atoms with van der Waals surface area (Å²) in [5.74, 6) is 3.48. The number of aryl methyl sites for hydroxylation is 2. The third-order valence-corrected chi connectivity index (χ3v) is 4.89. The van der Waals surface area contributed by atoms with Crippen LogP contribution in [-0.2, 0) is 19.4 Å². The highest BCUT2D eigenvalue weighted by molar-refractivity contribution is 14.0. The van der Waals surface area contributed by atoms with E-state index in [-0.39, 0.29) is 36.1 Å². The molecule has 0 radical (unpaired) electrons. The lowest BCUT2D eigenvalue weighted by Crippen LogP contribution is -2.47. The van der Waals surface area contributed by atoms with Crippen LogP contribution in [0.5, 0.6) is 5.75 Å². The van der Waals surface area contributed by atoms with Gasteiger partial charge in [-0.15, -0.1) is 24.0 Å². The molecule has 3 rings (SSSR count). The molecule has 0 bridgehead atoms. The van der Waals surface area contributed by atoms with Gasteiger partial charge in [-0.05, 0) is 32.4 Å². The second-order valence-electron chi connectivity index (χ2n) is 6.94. The molecular weight excluding hydrogens is 503 g/mol. The first-order valence-electron chi connectivity index (χ1n) is 9.97. The summed E-state index contributed by atoms with van der Waals surface area (Å²) in [6.07, 6.45) is 2.72. The van der Waals surface area contributed by atoms with E-state index >= 15 is 0 Å². The molecule has 2 atom stereocenters. The summed E-state index contributed by atoms with van der Waals surface area (Å²) >= 11 is 6.16. The van der Waals surface area contributed by atoms with Gasteiger partial charge in [-0.2, -0.15) is 5.10 Å². The Bertz CT molecular complexity index is 812. The minimum absolute atomic E-state index is 0. The number of nitrogens with one attached hydrogen (secondary N) is 2. The second-order valence-corrected chi connectivity index (χ2v) is 7.35. The van der Waals surface area contributed by atoms with Gasteiger partial charge < -0.3 is 15.4 Å². The zero-order chi connectivity index (χ0) is 19.9. The molecule has 29 heavy (non-hydrogen) atoms. The zero-order valence-corrected chi connectivity index (χ0v) is 20.3. The van der Waals surface area contributed by atoms with Crippen LogP contribution < -0.4 is 15.4 Å². The lowest BCUT2D eigenvalue weighted by Gasteiger charge is -2.25. The van der Waals surface area contributed by atoms with E-state index in [2.05, 4.69) is 34.6 Å². The number of ether oxygens (including phenoxy) is 1. The number of aliphatic imine (C=N–C) groups is 1. The van der Waals surface area contributed by atoms with Crippen molar-refractivity contribution >= 4 is 41.5 Å². The van der Waals surface area contributed by atoms with Crippen LogP contribution >= 0.6 is 35.6 Å². The van der Waals surface area contributed by atoms with Crippen LogP contribution in [0.2, 0.25) is 5.02 Å². The summed E-state index contributed by atoms with van der Waals surface area (Å²) in [7, 11) is 0. The van der Waals surface area contributed by atoms with E-state index in [0.717, 1.165) is 50.0 Å². The molecule has 1 aromatic carbocycles. The smallest absolute Gasteiger partial charge is 0.191 e. The van der Waals surface area contributed by atoms with Gasteiger partial charge in [0, 0.05) is 25.4 Å². The Labute approximate surface area is 194 Å². The van der Waals surface area contributed by atoms with E-state index in [9.17, 15) is 0 Å². The zero-order valence-electron chi connectivity index (χ0n) is 17.2. The van der Waals surface area contributed by atoms with E-state index in [1.165, 1.54) is 0 Å². The number of rotatable bonds is 7. The molecule has 7 nitrogen and oxygen atoms in total. The Morgan fingerprint density at radius 3 is 2.90 bits per heavy atom. The molecule has 0 saturated heterocycles. The van der Waals surface area contributed by atoms with Crippen LogP contribution in [-0.4, -0.2) is 46.0 Å². The number of guanidine groups is 1. The molecular formula is C20H30ClIN6O. The number of nitrogens with zero attached hydrogens (tertiary/aromatic N) is 4. The highest BCUT2D eigenvalue weighted by Gasteiger charge is 2.22. The summed E-state index contributed by atoms with van der Waals surface area (Å²) in [6, 6.07) is 7.77. The Morgan fingerprint density at radius 2 is 2.17 bits per heavy atom. The topological polar surface area (TPSA) is 76.4 Å². The molecule has 9 heteroatoms. The molecule has 0 saturated carbocycles. The molecule has 0 spiro atoms. The van der Waals surface area contributed by atoms with Gasteiger partial charge in [-0.3, -0.25) is 0 Å². The summed E-state index contributed by atoms with van der Waals surface area (Å²) < 4.78 is 7.93. The molecule has 1 aliphatic heterocycles. The highest BCUT2D eigenvalue weighted by Crippen LogP contribution is 2.24. The van der Waals surface area contributed by atoms with Crippen molar-refractivity contribution in [3.8, 4) is 5.75 Å². The third-order valence-electron chi connectivity index (χ3n) is 4.57. The van der Waals surface area contributed by atoms with Gasteiger partial charge in [0.2, 0.25) is 0 Å². The molecule has 0 aliphatic carbocycles. The van der Waals surface area contributed by atoms with E-state index in [1.807, 2.05) is 35.9 Å². The highest BCUT2D eigenvalue weighted by atomic mass is 127. The maximum Gasteiger partial charge on any atom is 0.191 e. The number of hydrogen-bond donors (Lipinski definition) is 2. The van der Waals surface area contributed by atoms with Crippen molar-refractivity contribution in [3.05, 3.63) is 40.9 Å². The predicted octanol–water partition coefficient (Wildman–Crippen LogP) is 3.45. The van der Waals surface area contributed by atoms with Gasteiger partial charge in [0.05, 0.1) is 18.1 Å². The molecule has 0 fully saturated rings. The van der Waals surface area contributed by atoms with Crippen molar-refractivity contribution in [2.45, 2.75) is 58.7 Å². The molecule has 2 N–H and O–H groups in total. The fraction of sp³-hybridized carbons (Fsp3) is 0.550. The average molecular weight is 533 g/mol. The summed E-state index contributed by atoms with van der Waals surface area (Å²) in [4.78, 5) is 9.27. The van der Waals surface area contributed by atoms with Crippen molar-refractivity contribution in [1.29, 1.82) is 0 Å². The number of aromatic nitrogens is 3. The van der Waals surface area contributed by atoms with E-state index in [0.29, 0.717) is 17.3 Å². The van der Waals surface area contributed by atoms with E-state index < -0.39 is 0 Å². The van der Waals surface area contributed by atoms with Crippen molar-refractivity contribution in [3.63, 3.8) is 0 Å². The largest absolute Gasteiger partial charge is 0.487 e. The average Bonchev–Trinajstić information content (AvgIpc) is 3.10. The first-order chi connectivity index (χ1) is 13.6. The predicted molar refractivity (Wildman–Crippen MR) is 128 cm³/mol. The molecule has 2 heterocycles. The molecule has 1 aromatic heterocycles. The van der Waals surface area contributed by atoms with Crippen molar-refractivity contribution in [2.24, 2.45) is 4.99 Å². The Balaban J connectivity index is 0.00000300. The minimum Gasteiger partial charge on any atom is -0.487 e. The second kappa shape index (κ2) is 11.6. The molecule has 2 unspecified atom stereocenters. The number of hydrogen-bond acceptors (Lipinski definition) is 4. The third kappa shape index (κ3) is 6.74. The normalized spacial score (nSPS) is 17.1. The van der Waals surface area contributed by atoms with E-state index in [1.54, 1.807) is 0 Å². The Morgan fingerprint density at radius 1 is 1.38 bits per heavy atom. The first-order valence-corrected chi connectivity index (χ1v) is 10.4. The van der Waals surface area contributed by atoms with Gasteiger partial charge in [0.15, 0.2) is 11.8 Å². The molecule has 1 aliphatic rings. The fourth-order valence-electron chi connectivity index (χ4n) is 3.16. The van der Waals surface area contributed by atoms with Crippen LogP contribution in [0.1, 0.15) is 38.8 Å². The maximum atomic E-state index is 6.16. The first kappa shape index (κ1) is 23.7. The quantitative estimate of drug-likeness (QED) is 0.325. The molecule has 2 aromatic rings. The van der Waals surface area contributed by atoms with Gasteiger partial charge in [0.1, 0.15) is 17.7 Å². The lowest BCUT2D eigenvalue weighted by molar-refractivity contribution is 0.230. The van der Waals surface area contributed by atoms with Crippen LogP contribution in [0.15, 0.2) is 29.3 Å². The van der Waals surface area contributed by atoms with Gasteiger partial charge >= 0.3 is 0 Å². The van der Waals surface area contributed by atoms with Crippen LogP contribution in [0.25, 0.3) is 0 Å². The van der Waals surface area contributed by atoms with Crippen molar-refractivity contribution in [1.82, 2.24) is 25.4 Å². The van der Waals surface area contributed by atoms with Gasteiger partial charge in [0.25, 0.3) is 0 Å². The molecule has 0 amide bonds. The van der Waals surface area contributed by atoms with Crippen LogP contribution in [0.4, 0.5) is 0 Å². The van der Waals surface area contributed by atoms with Crippen LogP contribution in [0, 0.1) is 0 Å². The fourth-order valence-corrected chi connectivity index (χ4v) is 3.34. The lowest BCUT2D eigenvalue weighted by atomic mass is 10.1. The van der Waals surface area contributed by atoms with Gasteiger partial charge in [-0.25, -0.2) is 14.7 Å². The number of para-hydroxylation sites is 1. The monoisotopic (exact) mass is 532 g/mol. The van der Waals surface area contributed by atoms with E-state index in [4.69, 9.17) is 21.3 Å². The maximum absolute atomic E-state index is 6.16. The Kier molecular flexibility index (Phi) is 9.48. The van der Waals surface area contributed by atoms with Crippen LogP contribution in [0.3, 0.4) is 0 Å².